The molecule has 0 aromatic heterocycles. The summed E-state index contributed by atoms with van der Waals surface area (Å²) in [7, 11) is -4.80. The summed E-state index contributed by atoms with van der Waals surface area (Å²) in [6, 6.07) is 5.85. The Morgan fingerprint density at radius 2 is 1.14 bits per heavy atom. The smallest absolute Gasteiger partial charge is 0.745 e. The van der Waals surface area contributed by atoms with E-state index in [4.69, 9.17) is 9.47 Å². The van der Waals surface area contributed by atoms with Crippen LogP contribution < -0.4 is 29.6 Å². The number of esters is 2. The molecule has 0 bridgehead atoms. The molecule has 1 atom stereocenters. The van der Waals surface area contributed by atoms with Gasteiger partial charge in [-0.3, -0.25) is 0 Å². The van der Waals surface area contributed by atoms with Crippen LogP contribution in [0.25, 0.3) is 0 Å². The predicted molar refractivity (Wildman–Crippen MR) is 141 cm³/mol. The molecule has 1 rings (SSSR count). The molecule has 206 valence electrons. The number of unbranched alkanes of at least 4 members (excludes halogenated alkanes) is 14. The molecule has 0 aliphatic carbocycles. The first-order valence-corrected chi connectivity index (χ1v) is 15.2. The summed E-state index contributed by atoms with van der Waals surface area (Å²) in [6.45, 7) is 3.91. The van der Waals surface area contributed by atoms with Crippen LogP contribution in [0.1, 0.15) is 137 Å². The van der Waals surface area contributed by atoms with E-state index in [1.807, 2.05) is 0 Å². The molecule has 0 spiro atoms. The third-order valence-corrected chi connectivity index (χ3v) is 7.32. The van der Waals surface area contributed by atoms with Gasteiger partial charge >= 0.3 is 41.5 Å². The fourth-order valence-corrected chi connectivity index (χ4v) is 4.70. The van der Waals surface area contributed by atoms with E-state index in [1.54, 1.807) is 6.07 Å². The van der Waals surface area contributed by atoms with Crippen molar-refractivity contribution in [1.29, 1.82) is 0 Å². The van der Waals surface area contributed by atoms with Gasteiger partial charge in [0.15, 0.2) is 5.44 Å². The van der Waals surface area contributed by atoms with E-state index in [1.165, 1.54) is 102 Å². The van der Waals surface area contributed by atoms with Gasteiger partial charge in [0, 0.05) is 0 Å². The molecule has 0 fully saturated rings. The first-order chi connectivity index (χ1) is 17.3. The summed E-state index contributed by atoms with van der Waals surface area (Å²) in [5, 5.41) is 0. The van der Waals surface area contributed by atoms with E-state index >= 15 is 0 Å². The molecule has 1 aromatic carbocycles. The van der Waals surface area contributed by atoms with Crippen molar-refractivity contribution in [2.45, 2.75) is 122 Å². The first kappa shape index (κ1) is 36.1. The number of benzene rings is 1. The molecule has 37 heavy (non-hydrogen) atoms. The third kappa shape index (κ3) is 16.6. The molecule has 7 nitrogen and oxygen atoms in total. The predicted octanol–water partition coefficient (Wildman–Crippen LogP) is 4.16. The Hall–Kier alpha value is -0.930. The second kappa shape index (κ2) is 21.9. The van der Waals surface area contributed by atoms with Gasteiger partial charge in [0.2, 0.25) is 0 Å². The standard InChI is InChI=1S/C28H46O7S.Na/c1-3-5-6-7-8-9-10-11-12-13-14-15-16-17-20-23-34-27(29)24-21-18-19-22-25(24)28(30)35-26(4-2)36(31,32)33;/h18-19,21-22,26H,3-17,20,23H2,1-2H3,(H,31,32,33);/q;+1/p-1. The van der Waals surface area contributed by atoms with Crippen LogP contribution in [-0.4, -0.2) is 37.0 Å². The molecule has 0 aliphatic heterocycles. The van der Waals surface area contributed by atoms with Crippen LogP contribution >= 0.6 is 0 Å². The van der Waals surface area contributed by atoms with Crippen LogP contribution in [0.4, 0.5) is 0 Å². The van der Waals surface area contributed by atoms with Crippen LogP contribution in [0.2, 0.25) is 0 Å². The van der Waals surface area contributed by atoms with Gasteiger partial charge in [-0.15, -0.1) is 0 Å². The van der Waals surface area contributed by atoms with E-state index < -0.39 is 27.5 Å². The van der Waals surface area contributed by atoms with Gasteiger partial charge in [-0.05, 0) is 25.0 Å². The third-order valence-electron chi connectivity index (χ3n) is 6.24. The molecule has 0 heterocycles. The van der Waals surface area contributed by atoms with Crippen molar-refractivity contribution >= 4 is 22.1 Å². The van der Waals surface area contributed by atoms with Crippen LogP contribution in [0.5, 0.6) is 0 Å². The topological polar surface area (TPSA) is 110 Å². The molecule has 0 N–H and O–H groups in total. The van der Waals surface area contributed by atoms with Crippen LogP contribution in [0, 0.1) is 0 Å². The minimum Gasteiger partial charge on any atom is -0.745 e. The summed E-state index contributed by atoms with van der Waals surface area (Å²) in [6.07, 6.45) is 18.5. The normalized spacial score (nSPS) is 12.0. The Morgan fingerprint density at radius 3 is 1.54 bits per heavy atom. The molecule has 9 heteroatoms. The summed E-state index contributed by atoms with van der Waals surface area (Å²) >= 11 is 0. The molecule has 0 radical (unpaired) electrons. The minimum absolute atomic E-state index is 0. The SMILES string of the molecule is CCCCCCCCCCCCCCCCCOC(=O)c1ccccc1C(=O)OC(CC)S(=O)(=O)[O-].[Na+]. The number of rotatable bonds is 21. The maximum atomic E-state index is 12.5. The fraction of sp³-hybridized carbons (Fsp3) is 0.714. The summed E-state index contributed by atoms with van der Waals surface area (Å²) < 4.78 is 43.7. The quantitative estimate of drug-likeness (QED) is 0.0982. The van der Waals surface area contributed by atoms with Gasteiger partial charge in [0.05, 0.1) is 17.7 Å². The number of ether oxygens (including phenoxy) is 2. The monoisotopic (exact) mass is 548 g/mol. The van der Waals surface area contributed by atoms with Gasteiger partial charge in [0.25, 0.3) is 0 Å². The maximum Gasteiger partial charge on any atom is 1.00 e. The first-order valence-electron chi connectivity index (χ1n) is 13.7. The van der Waals surface area contributed by atoms with Crippen molar-refractivity contribution in [1.82, 2.24) is 0 Å². The van der Waals surface area contributed by atoms with Gasteiger partial charge in [-0.1, -0.05) is 116 Å². The van der Waals surface area contributed by atoms with Crippen LogP contribution in [-0.2, 0) is 19.6 Å². The fourth-order valence-electron chi connectivity index (χ4n) is 4.08. The Morgan fingerprint density at radius 1 is 0.730 bits per heavy atom. The Bertz CT molecular complexity index is 858. The zero-order chi connectivity index (χ0) is 26.7. The zero-order valence-electron chi connectivity index (χ0n) is 23.2. The van der Waals surface area contributed by atoms with E-state index in [0.29, 0.717) is 0 Å². The number of hydrogen-bond acceptors (Lipinski definition) is 7. The van der Waals surface area contributed by atoms with Gasteiger partial charge in [-0.25, -0.2) is 18.0 Å². The molecule has 1 aromatic rings. The Balaban J connectivity index is 0.0000130. The molecule has 0 saturated carbocycles. The molecule has 0 aliphatic rings. The largest absolute Gasteiger partial charge is 1.00 e. The molecular weight excluding hydrogens is 503 g/mol. The maximum absolute atomic E-state index is 12.5. The van der Waals surface area contributed by atoms with Crippen molar-refractivity contribution in [2.24, 2.45) is 0 Å². The zero-order valence-corrected chi connectivity index (χ0v) is 26.0. The second-order valence-electron chi connectivity index (χ2n) is 9.37. The van der Waals surface area contributed by atoms with Crippen molar-refractivity contribution in [3.8, 4) is 0 Å². The number of hydrogen-bond donors (Lipinski definition) is 0. The van der Waals surface area contributed by atoms with Gasteiger partial charge in [-0.2, -0.15) is 0 Å². The van der Waals surface area contributed by atoms with Gasteiger partial charge < -0.3 is 14.0 Å². The van der Waals surface area contributed by atoms with Crippen LogP contribution in [0.3, 0.4) is 0 Å². The summed E-state index contributed by atoms with van der Waals surface area (Å²) in [5.41, 5.74) is -1.93. The number of carbonyl (C=O) groups is 2. The second-order valence-corrected chi connectivity index (χ2v) is 10.9. The van der Waals surface area contributed by atoms with E-state index in [-0.39, 0.29) is 53.7 Å². The molecule has 1 unspecified atom stereocenters. The van der Waals surface area contributed by atoms with Crippen molar-refractivity contribution in [3.05, 3.63) is 35.4 Å². The Labute approximate surface area is 246 Å². The summed E-state index contributed by atoms with van der Waals surface area (Å²) in [4.78, 5) is 24.8. The van der Waals surface area contributed by atoms with Crippen molar-refractivity contribution < 1.29 is 61.6 Å². The van der Waals surface area contributed by atoms with E-state index in [9.17, 15) is 22.6 Å². The van der Waals surface area contributed by atoms with Gasteiger partial charge in [0.1, 0.15) is 10.1 Å². The van der Waals surface area contributed by atoms with Crippen molar-refractivity contribution in [3.63, 3.8) is 0 Å². The average Bonchev–Trinajstić information content (AvgIpc) is 2.86. The van der Waals surface area contributed by atoms with E-state index in [0.717, 1.165) is 19.3 Å². The average molecular weight is 549 g/mol. The summed E-state index contributed by atoms with van der Waals surface area (Å²) in [5.74, 6) is -1.72. The minimum atomic E-state index is -4.80. The van der Waals surface area contributed by atoms with E-state index in [2.05, 4.69) is 6.92 Å². The Kier molecular flexibility index (Phi) is 21.4. The van der Waals surface area contributed by atoms with Crippen molar-refractivity contribution in [2.75, 3.05) is 6.61 Å². The molecule has 0 saturated heterocycles. The van der Waals surface area contributed by atoms with Crippen LogP contribution in [0.15, 0.2) is 24.3 Å². The molecular formula is C28H45NaO7S. The molecule has 0 amide bonds. The number of carbonyl (C=O) groups excluding carboxylic acids is 2.